The maximum absolute atomic E-state index is 12.2. The largest absolute Gasteiger partial charge is 0.339 e. The molecule has 2 aliphatic rings. The maximum atomic E-state index is 12.2. The summed E-state index contributed by atoms with van der Waals surface area (Å²) in [5.41, 5.74) is 5.20. The second kappa shape index (κ2) is 4.88. The smallest absolute Gasteiger partial charge is 0.242 e. The lowest BCUT2D eigenvalue weighted by atomic mass is 9.98. The van der Waals surface area contributed by atoms with Crippen molar-refractivity contribution in [2.75, 3.05) is 26.2 Å². The molecule has 0 aromatic rings. The average molecular weight is 253 g/mol. The molecule has 0 aromatic heterocycles. The molecular formula is C13H23N3O2. The van der Waals surface area contributed by atoms with Crippen molar-refractivity contribution in [3.05, 3.63) is 0 Å². The summed E-state index contributed by atoms with van der Waals surface area (Å²) in [6.45, 7) is 6.23. The molecule has 18 heavy (non-hydrogen) atoms. The number of amides is 2. The number of piperazine rings is 1. The van der Waals surface area contributed by atoms with E-state index in [0.717, 1.165) is 12.8 Å². The first-order valence-corrected chi connectivity index (χ1v) is 6.82. The van der Waals surface area contributed by atoms with Gasteiger partial charge in [0.1, 0.15) is 0 Å². The number of nitrogens with zero attached hydrogens (tertiary/aromatic N) is 2. The summed E-state index contributed by atoms with van der Waals surface area (Å²) in [6, 6.07) is 0. The first-order valence-electron chi connectivity index (χ1n) is 6.82. The Morgan fingerprint density at radius 1 is 1.17 bits per heavy atom. The zero-order valence-corrected chi connectivity index (χ0v) is 11.3. The fourth-order valence-corrected chi connectivity index (χ4v) is 2.23. The molecule has 1 aliphatic carbocycles. The molecule has 1 saturated heterocycles. The van der Waals surface area contributed by atoms with Crippen LogP contribution in [0.2, 0.25) is 0 Å². The lowest BCUT2D eigenvalue weighted by Crippen LogP contribution is -2.58. The predicted octanol–water partition coefficient (Wildman–Crippen LogP) is 0.195. The predicted molar refractivity (Wildman–Crippen MR) is 68.8 cm³/mol. The van der Waals surface area contributed by atoms with Crippen LogP contribution in [0.1, 0.15) is 33.1 Å². The van der Waals surface area contributed by atoms with Crippen molar-refractivity contribution < 1.29 is 9.59 Å². The van der Waals surface area contributed by atoms with Gasteiger partial charge in [0.15, 0.2) is 0 Å². The van der Waals surface area contributed by atoms with Crippen LogP contribution >= 0.6 is 0 Å². The first-order chi connectivity index (χ1) is 8.45. The molecule has 2 N–H and O–H groups in total. The van der Waals surface area contributed by atoms with E-state index in [1.165, 1.54) is 0 Å². The third-order valence-corrected chi connectivity index (χ3v) is 4.03. The Labute approximate surface area is 108 Å². The summed E-state index contributed by atoms with van der Waals surface area (Å²) in [5.74, 6) is 0.541. The van der Waals surface area contributed by atoms with Gasteiger partial charge in [-0.05, 0) is 26.2 Å². The molecule has 1 heterocycles. The number of hydrogen-bond donors (Lipinski definition) is 1. The van der Waals surface area contributed by atoms with Gasteiger partial charge in [-0.25, -0.2) is 0 Å². The minimum atomic E-state index is -0.775. The van der Waals surface area contributed by atoms with E-state index in [-0.39, 0.29) is 17.7 Å². The van der Waals surface area contributed by atoms with Gasteiger partial charge in [-0.3, -0.25) is 9.59 Å². The van der Waals surface area contributed by atoms with Gasteiger partial charge in [0.25, 0.3) is 0 Å². The number of carbonyl (C=O) groups is 2. The first kappa shape index (κ1) is 13.3. The van der Waals surface area contributed by atoms with Gasteiger partial charge in [-0.15, -0.1) is 0 Å². The zero-order valence-electron chi connectivity index (χ0n) is 11.3. The van der Waals surface area contributed by atoms with Crippen molar-refractivity contribution in [3.8, 4) is 0 Å². The number of rotatable bonds is 3. The van der Waals surface area contributed by atoms with Gasteiger partial charge in [0.2, 0.25) is 11.8 Å². The molecule has 2 rings (SSSR count). The second-order valence-corrected chi connectivity index (χ2v) is 5.66. The van der Waals surface area contributed by atoms with Crippen molar-refractivity contribution in [3.63, 3.8) is 0 Å². The molecule has 2 amide bonds. The standard InChI is InChI=1S/C13H23N3O2/c1-3-13(2,14)12(18)16-8-6-15(7-9-16)11(17)10-4-5-10/h10H,3-9,14H2,1-2H3. The molecule has 5 heteroatoms. The molecule has 1 aliphatic heterocycles. The Morgan fingerprint density at radius 3 is 2.11 bits per heavy atom. The molecule has 1 unspecified atom stereocenters. The van der Waals surface area contributed by atoms with Crippen molar-refractivity contribution >= 4 is 11.8 Å². The lowest BCUT2D eigenvalue weighted by molar-refractivity contribution is -0.143. The summed E-state index contributed by atoms with van der Waals surface area (Å²) < 4.78 is 0. The van der Waals surface area contributed by atoms with Gasteiger partial charge in [0.05, 0.1) is 5.54 Å². The van der Waals surface area contributed by atoms with Crippen LogP contribution < -0.4 is 5.73 Å². The fourth-order valence-electron chi connectivity index (χ4n) is 2.23. The van der Waals surface area contributed by atoms with Crippen LogP contribution in [0.15, 0.2) is 0 Å². The van der Waals surface area contributed by atoms with Gasteiger partial charge in [-0.1, -0.05) is 6.92 Å². The minimum Gasteiger partial charge on any atom is -0.339 e. The molecule has 0 aromatic carbocycles. The van der Waals surface area contributed by atoms with E-state index in [2.05, 4.69) is 0 Å². The van der Waals surface area contributed by atoms with E-state index in [9.17, 15) is 9.59 Å². The van der Waals surface area contributed by atoms with Gasteiger partial charge in [0, 0.05) is 32.1 Å². The molecule has 1 saturated carbocycles. The topological polar surface area (TPSA) is 66.6 Å². The quantitative estimate of drug-likeness (QED) is 0.781. The monoisotopic (exact) mass is 253 g/mol. The molecule has 0 bridgehead atoms. The summed E-state index contributed by atoms with van der Waals surface area (Å²) in [6.07, 6.45) is 2.70. The van der Waals surface area contributed by atoms with Crippen LogP contribution in [0.5, 0.6) is 0 Å². The SMILES string of the molecule is CCC(C)(N)C(=O)N1CCN(C(=O)C2CC2)CC1. The van der Waals surface area contributed by atoms with E-state index in [4.69, 9.17) is 5.73 Å². The van der Waals surface area contributed by atoms with Crippen molar-refractivity contribution in [2.45, 2.75) is 38.6 Å². The molecule has 102 valence electrons. The van der Waals surface area contributed by atoms with Gasteiger partial charge >= 0.3 is 0 Å². The van der Waals surface area contributed by atoms with Crippen molar-refractivity contribution in [2.24, 2.45) is 11.7 Å². The van der Waals surface area contributed by atoms with E-state index < -0.39 is 5.54 Å². The highest BCUT2D eigenvalue weighted by Crippen LogP contribution is 2.31. The molecule has 1 atom stereocenters. The Morgan fingerprint density at radius 2 is 1.67 bits per heavy atom. The highest BCUT2D eigenvalue weighted by Gasteiger charge is 2.37. The molecule has 0 spiro atoms. The van der Waals surface area contributed by atoms with Crippen LogP contribution in [0.25, 0.3) is 0 Å². The fraction of sp³-hybridized carbons (Fsp3) is 0.846. The third kappa shape index (κ3) is 2.66. The van der Waals surface area contributed by atoms with Crippen LogP contribution in [-0.4, -0.2) is 53.3 Å². The Kier molecular flexibility index (Phi) is 3.61. The second-order valence-electron chi connectivity index (χ2n) is 5.66. The van der Waals surface area contributed by atoms with Gasteiger partial charge < -0.3 is 15.5 Å². The van der Waals surface area contributed by atoms with Crippen LogP contribution in [0, 0.1) is 5.92 Å². The number of carbonyl (C=O) groups excluding carboxylic acids is 2. The van der Waals surface area contributed by atoms with E-state index >= 15 is 0 Å². The number of nitrogens with two attached hydrogens (primary N) is 1. The number of hydrogen-bond acceptors (Lipinski definition) is 3. The summed E-state index contributed by atoms with van der Waals surface area (Å²) >= 11 is 0. The van der Waals surface area contributed by atoms with E-state index in [0.29, 0.717) is 32.6 Å². The molecule has 5 nitrogen and oxygen atoms in total. The lowest BCUT2D eigenvalue weighted by Gasteiger charge is -2.38. The van der Waals surface area contributed by atoms with Crippen LogP contribution in [0.4, 0.5) is 0 Å². The van der Waals surface area contributed by atoms with Crippen molar-refractivity contribution in [1.82, 2.24) is 9.80 Å². The van der Waals surface area contributed by atoms with Crippen LogP contribution in [0.3, 0.4) is 0 Å². The highest BCUT2D eigenvalue weighted by atomic mass is 16.2. The maximum Gasteiger partial charge on any atom is 0.242 e. The Bertz CT molecular complexity index is 342. The summed E-state index contributed by atoms with van der Waals surface area (Å²) in [5, 5.41) is 0. The highest BCUT2D eigenvalue weighted by molar-refractivity contribution is 5.86. The molecule has 0 radical (unpaired) electrons. The summed E-state index contributed by atoms with van der Waals surface area (Å²) in [7, 11) is 0. The zero-order chi connectivity index (χ0) is 13.3. The third-order valence-electron chi connectivity index (χ3n) is 4.03. The average Bonchev–Trinajstić information content (AvgIpc) is 3.21. The van der Waals surface area contributed by atoms with E-state index in [1.54, 1.807) is 11.8 Å². The Hall–Kier alpha value is -1.10. The molecular weight excluding hydrogens is 230 g/mol. The van der Waals surface area contributed by atoms with Crippen LogP contribution in [-0.2, 0) is 9.59 Å². The van der Waals surface area contributed by atoms with Crippen molar-refractivity contribution in [1.29, 1.82) is 0 Å². The Balaban J connectivity index is 1.86. The summed E-state index contributed by atoms with van der Waals surface area (Å²) in [4.78, 5) is 27.7. The molecule has 2 fully saturated rings. The van der Waals surface area contributed by atoms with Gasteiger partial charge in [-0.2, -0.15) is 0 Å². The normalized spacial score (nSPS) is 23.7. The van der Waals surface area contributed by atoms with E-state index in [1.807, 2.05) is 11.8 Å². The minimum absolute atomic E-state index is 0.00326.